The summed E-state index contributed by atoms with van der Waals surface area (Å²) in [4.78, 5) is 10.4. The number of nitrogens with zero attached hydrogens (tertiary/aromatic N) is 1. The molecule has 7 heteroatoms. The summed E-state index contributed by atoms with van der Waals surface area (Å²) in [7, 11) is -3.15. The molecule has 0 aliphatic rings. The summed E-state index contributed by atoms with van der Waals surface area (Å²) in [5.41, 5.74) is 0.121. The molecule has 0 amide bonds. The second kappa shape index (κ2) is 3.79. The normalized spacial score (nSPS) is 11.5. The molecule has 0 aliphatic carbocycles. The Kier molecular flexibility index (Phi) is 2.90. The lowest BCUT2D eigenvalue weighted by Crippen LogP contribution is -2.06. The third-order valence-corrected chi connectivity index (χ3v) is 3.30. The van der Waals surface area contributed by atoms with E-state index in [2.05, 4.69) is 10.2 Å². The molecule has 1 rings (SSSR count). The molecule has 0 aromatic carbocycles. The number of nitrogens with one attached hydrogen (secondary N) is 1. The van der Waals surface area contributed by atoms with Crippen molar-refractivity contribution in [2.45, 2.75) is 12.7 Å². The highest BCUT2D eigenvalue weighted by molar-refractivity contribution is 7.90. The Hall–Kier alpha value is -1.37. The third kappa shape index (κ3) is 2.56. The second-order valence-corrected chi connectivity index (χ2v) is 5.11. The van der Waals surface area contributed by atoms with Crippen LogP contribution in [-0.2, 0) is 15.6 Å². The van der Waals surface area contributed by atoms with Crippen molar-refractivity contribution >= 4 is 15.8 Å². The molecule has 0 aliphatic heterocycles. The fraction of sp³-hybridized carbons (Fsp3) is 0.429. The first kappa shape index (κ1) is 10.7. The molecular formula is C7H10N2O4S. The zero-order valence-corrected chi connectivity index (χ0v) is 8.34. The molecule has 1 aromatic heterocycles. The van der Waals surface area contributed by atoms with Gasteiger partial charge >= 0.3 is 5.97 Å². The lowest BCUT2D eigenvalue weighted by molar-refractivity contribution is 0.0690. The van der Waals surface area contributed by atoms with E-state index in [9.17, 15) is 13.2 Å². The summed E-state index contributed by atoms with van der Waals surface area (Å²) in [6.07, 6.45) is 0. The molecule has 0 bridgehead atoms. The molecule has 14 heavy (non-hydrogen) atoms. The molecule has 2 N–H and O–H groups in total. The van der Waals surface area contributed by atoms with Gasteiger partial charge < -0.3 is 5.11 Å². The number of hydrogen-bond donors (Lipinski definition) is 2. The minimum Gasteiger partial charge on any atom is -0.476 e. The first-order chi connectivity index (χ1) is 6.44. The molecule has 1 aromatic rings. The number of aromatic nitrogens is 2. The fourth-order valence-electron chi connectivity index (χ4n) is 0.884. The Bertz CT molecular complexity index is 434. The van der Waals surface area contributed by atoms with Crippen molar-refractivity contribution in [1.82, 2.24) is 10.2 Å². The third-order valence-electron chi connectivity index (χ3n) is 1.67. The average Bonchev–Trinajstić information content (AvgIpc) is 2.52. The number of carboxylic acids is 1. The van der Waals surface area contributed by atoms with Crippen molar-refractivity contribution in [3.63, 3.8) is 0 Å². The van der Waals surface area contributed by atoms with Gasteiger partial charge in [0.15, 0.2) is 15.5 Å². The molecule has 0 spiro atoms. The summed E-state index contributed by atoms with van der Waals surface area (Å²) in [5, 5.41) is 14.3. The van der Waals surface area contributed by atoms with Crippen LogP contribution in [0.2, 0.25) is 0 Å². The monoisotopic (exact) mass is 218 g/mol. The molecule has 6 nitrogen and oxygen atoms in total. The van der Waals surface area contributed by atoms with Crippen LogP contribution in [0.15, 0.2) is 6.07 Å². The van der Waals surface area contributed by atoms with Crippen LogP contribution in [0.4, 0.5) is 0 Å². The molecule has 78 valence electrons. The van der Waals surface area contributed by atoms with E-state index < -0.39 is 15.8 Å². The number of hydrogen-bond acceptors (Lipinski definition) is 4. The summed E-state index contributed by atoms with van der Waals surface area (Å²) in [6, 6.07) is 1.22. The number of carboxylic acid groups (broad SMARTS) is 1. The SMILES string of the molecule is CCS(=O)(=O)Cc1cc(C(=O)O)n[nH]1. The van der Waals surface area contributed by atoms with Crippen LogP contribution in [-0.4, -0.2) is 35.4 Å². The molecule has 0 saturated carbocycles. The van der Waals surface area contributed by atoms with Gasteiger partial charge in [0, 0.05) is 5.75 Å². The molecule has 0 saturated heterocycles. The fourth-order valence-corrected chi connectivity index (χ4v) is 1.71. The molecule has 0 fully saturated rings. The lowest BCUT2D eigenvalue weighted by Gasteiger charge is -1.96. The van der Waals surface area contributed by atoms with Crippen LogP contribution < -0.4 is 0 Å². The van der Waals surface area contributed by atoms with Crippen LogP contribution in [0.3, 0.4) is 0 Å². The molecule has 0 unspecified atom stereocenters. The first-order valence-electron chi connectivity index (χ1n) is 3.92. The number of rotatable bonds is 4. The highest BCUT2D eigenvalue weighted by Crippen LogP contribution is 2.05. The van der Waals surface area contributed by atoms with Gasteiger partial charge in [-0.25, -0.2) is 13.2 Å². The molecule has 0 radical (unpaired) electrons. The zero-order chi connectivity index (χ0) is 10.8. The topological polar surface area (TPSA) is 100 Å². The minimum absolute atomic E-state index is 0.0222. The van der Waals surface area contributed by atoms with Gasteiger partial charge in [-0.15, -0.1) is 0 Å². The van der Waals surface area contributed by atoms with Crippen molar-refractivity contribution in [2.24, 2.45) is 0 Å². The van der Waals surface area contributed by atoms with Crippen molar-refractivity contribution < 1.29 is 18.3 Å². The van der Waals surface area contributed by atoms with Gasteiger partial charge in [-0.3, -0.25) is 5.10 Å². The summed E-state index contributed by atoms with van der Waals surface area (Å²) < 4.78 is 22.3. The Morgan fingerprint density at radius 2 is 2.29 bits per heavy atom. The smallest absolute Gasteiger partial charge is 0.356 e. The summed E-state index contributed by atoms with van der Waals surface area (Å²) in [6.45, 7) is 1.53. The van der Waals surface area contributed by atoms with E-state index >= 15 is 0 Å². The standard InChI is InChI=1S/C7H10N2O4S/c1-2-14(12,13)4-5-3-6(7(10)11)9-8-5/h3H,2,4H2,1H3,(H,8,9)(H,10,11). The molecule has 0 atom stereocenters. The number of sulfone groups is 1. The van der Waals surface area contributed by atoms with Crippen molar-refractivity contribution in [1.29, 1.82) is 0 Å². The van der Waals surface area contributed by atoms with Gasteiger partial charge in [0.1, 0.15) is 0 Å². The van der Waals surface area contributed by atoms with E-state index in [0.717, 1.165) is 0 Å². The summed E-state index contributed by atoms with van der Waals surface area (Å²) >= 11 is 0. The van der Waals surface area contributed by atoms with E-state index in [1.54, 1.807) is 0 Å². The summed E-state index contributed by atoms with van der Waals surface area (Å²) in [5.74, 6) is -1.36. The number of aromatic carboxylic acids is 1. The van der Waals surface area contributed by atoms with Gasteiger partial charge in [-0.2, -0.15) is 5.10 Å². The van der Waals surface area contributed by atoms with Crippen LogP contribution >= 0.6 is 0 Å². The lowest BCUT2D eigenvalue weighted by atomic mass is 10.4. The van der Waals surface area contributed by atoms with Crippen molar-refractivity contribution in [2.75, 3.05) is 5.75 Å². The van der Waals surface area contributed by atoms with Gasteiger partial charge in [-0.1, -0.05) is 6.92 Å². The maximum atomic E-state index is 11.2. The van der Waals surface area contributed by atoms with Crippen molar-refractivity contribution in [3.05, 3.63) is 17.5 Å². The quantitative estimate of drug-likeness (QED) is 0.743. The van der Waals surface area contributed by atoms with Crippen molar-refractivity contribution in [3.8, 4) is 0 Å². The van der Waals surface area contributed by atoms with E-state index in [1.165, 1.54) is 13.0 Å². The van der Waals surface area contributed by atoms with Crippen LogP contribution in [0.25, 0.3) is 0 Å². The number of H-pyrrole nitrogens is 1. The average molecular weight is 218 g/mol. The second-order valence-electron chi connectivity index (χ2n) is 2.76. The van der Waals surface area contributed by atoms with E-state index in [1.807, 2.05) is 0 Å². The predicted molar refractivity (Wildman–Crippen MR) is 48.7 cm³/mol. The largest absolute Gasteiger partial charge is 0.476 e. The van der Waals surface area contributed by atoms with Crippen LogP contribution in [0, 0.1) is 0 Å². The van der Waals surface area contributed by atoms with Gasteiger partial charge in [0.2, 0.25) is 0 Å². The number of carbonyl (C=O) groups is 1. The molecular weight excluding hydrogens is 208 g/mol. The van der Waals surface area contributed by atoms with Crippen LogP contribution in [0.5, 0.6) is 0 Å². The first-order valence-corrected chi connectivity index (χ1v) is 5.75. The van der Waals surface area contributed by atoms with E-state index in [0.29, 0.717) is 5.69 Å². The van der Waals surface area contributed by atoms with Gasteiger partial charge in [-0.05, 0) is 6.07 Å². The highest BCUT2D eigenvalue weighted by atomic mass is 32.2. The van der Waals surface area contributed by atoms with Gasteiger partial charge in [0.25, 0.3) is 0 Å². The number of aromatic amines is 1. The predicted octanol–water partition coefficient (Wildman–Crippen LogP) is 0.0426. The minimum atomic E-state index is -3.15. The Morgan fingerprint density at radius 3 is 2.71 bits per heavy atom. The Morgan fingerprint density at radius 1 is 1.64 bits per heavy atom. The highest BCUT2D eigenvalue weighted by Gasteiger charge is 2.13. The molecule has 1 heterocycles. The zero-order valence-electron chi connectivity index (χ0n) is 7.52. The Balaban J connectivity index is 2.84. The Labute approximate surface area is 80.9 Å². The maximum Gasteiger partial charge on any atom is 0.356 e. The van der Waals surface area contributed by atoms with Crippen LogP contribution in [0.1, 0.15) is 23.1 Å². The van der Waals surface area contributed by atoms with E-state index in [4.69, 9.17) is 5.11 Å². The maximum absolute atomic E-state index is 11.2. The van der Waals surface area contributed by atoms with Gasteiger partial charge in [0.05, 0.1) is 11.4 Å². The van der Waals surface area contributed by atoms with E-state index in [-0.39, 0.29) is 17.2 Å².